The highest BCUT2D eigenvalue weighted by atomic mass is 35.5. The molecule has 80 valence electrons. The van der Waals surface area contributed by atoms with Gasteiger partial charge in [0.1, 0.15) is 5.82 Å². The van der Waals surface area contributed by atoms with E-state index in [9.17, 15) is 4.79 Å². The average Bonchev–Trinajstić information content (AvgIpc) is 2.30. The lowest BCUT2D eigenvalue weighted by Crippen LogP contribution is -2.36. The molecule has 1 aliphatic heterocycles. The Morgan fingerprint density at radius 2 is 2.13 bits per heavy atom. The van der Waals surface area contributed by atoms with Crippen molar-refractivity contribution in [3.05, 3.63) is 23.9 Å². The number of aromatic nitrogens is 1. The summed E-state index contributed by atoms with van der Waals surface area (Å²) in [6.07, 6.45) is 1.50. The molecule has 2 rings (SSSR count). The van der Waals surface area contributed by atoms with E-state index in [0.717, 1.165) is 32.1 Å². The fraction of sp³-hybridized carbons (Fsp3) is 0.400. The topological polar surface area (TPSA) is 42.4 Å². The van der Waals surface area contributed by atoms with Crippen LogP contribution in [-0.2, 0) is 4.74 Å². The predicted molar refractivity (Wildman–Crippen MR) is 57.5 cm³/mol. The number of anilines is 1. The molecule has 1 fully saturated rings. The van der Waals surface area contributed by atoms with Crippen LogP contribution >= 0.6 is 11.6 Å². The smallest absolute Gasteiger partial charge is 0.253 e. The number of halogens is 1. The van der Waals surface area contributed by atoms with Crippen LogP contribution in [0.4, 0.5) is 5.82 Å². The van der Waals surface area contributed by atoms with E-state index in [1.165, 1.54) is 6.20 Å². The summed E-state index contributed by atoms with van der Waals surface area (Å²) in [6, 6.07) is 3.49. The first-order valence-electron chi connectivity index (χ1n) is 4.76. The molecule has 0 aliphatic carbocycles. The molecular weight excluding hydrogens is 216 g/mol. The highest BCUT2D eigenvalue weighted by Gasteiger charge is 2.12. The molecule has 0 radical (unpaired) electrons. The Bertz CT molecular complexity index is 347. The van der Waals surface area contributed by atoms with Crippen molar-refractivity contribution < 1.29 is 9.53 Å². The Morgan fingerprint density at radius 1 is 1.40 bits per heavy atom. The lowest BCUT2D eigenvalue weighted by Gasteiger charge is -2.27. The molecule has 2 heterocycles. The molecular formula is C10H11ClN2O2. The molecule has 0 bridgehead atoms. The minimum absolute atomic E-state index is 0.425. The van der Waals surface area contributed by atoms with Crippen molar-refractivity contribution in [3.63, 3.8) is 0 Å². The van der Waals surface area contributed by atoms with Crippen molar-refractivity contribution in [2.75, 3.05) is 31.2 Å². The van der Waals surface area contributed by atoms with Gasteiger partial charge >= 0.3 is 0 Å². The normalized spacial score (nSPS) is 16.5. The van der Waals surface area contributed by atoms with Crippen molar-refractivity contribution in [1.82, 2.24) is 4.98 Å². The second kappa shape index (κ2) is 4.59. The molecule has 5 heteroatoms. The maximum Gasteiger partial charge on any atom is 0.253 e. The maximum absolute atomic E-state index is 10.8. The zero-order chi connectivity index (χ0) is 10.7. The van der Waals surface area contributed by atoms with Gasteiger partial charge in [-0.1, -0.05) is 0 Å². The Labute approximate surface area is 92.8 Å². The number of carbonyl (C=O) groups is 1. The van der Waals surface area contributed by atoms with Crippen LogP contribution in [0, 0.1) is 0 Å². The third kappa shape index (κ3) is 2.46. The van der Waals surface area contributed by atoms with Crippen LogP contribution < -0.4 is 4.90 Å². The van der Waals surface area contributed by atoms with Crippen molar-refractivity contribution in [3.8, 4) is 0 Å². The standard InChI is InChI=1S/C10H11ClN2O2/c11-10(14)8-1-2-9(12-7-8)13-3-5-15-6-4-13/h1-2,7H,3-6H2. The maximum atomic E-state index is 10.8. The minimum Gasteiger partial charge on any atom is -0.378 e. The lowest BCUT2D eigenvalue weighted by molar-refractivity contribution is 0.108. The average molecular weight is 227 g/mol. The van der Waals surface area contributed by atoms with E-state index in [1.54, 1.807) is 12.1 Å². The number of rotatable bonds is 2. The summed E-state index contributed by atoms with van der Waals surface area (Å²) in [5, 5.41) is -0.476. The van der Waals surface area contributed by atoms with Gasteiger partial charge in [-0.3, -0.25) is 4.79 Å². The van der Waals surface area contributed by atoms with Crippen LogP contribution in [0.25, 0.3) is 0 Å². The second-order valence-corrected chi connectivity index (χ2v) is 3.62. The molecule has 0 unspecified atom stereocenters. The summed E-state index contributed by atoms with van der Waals surface area (Å²) in [5.41, 5.74) is 0.425. The minimum atomic E-state index is -0.476. The summed E-state index contributed by atoms with van der Waals surface area (Å²) in [4.78, 5) is 17.1. The molecule has 15 heavy (non-hydrogen) atoms. The van der Waals surface area contributed by atoms with Gasteiger partial charge in [0.2, 0.25) is 0 Å². The first-order chi connectivity index (χ1) is 7.27. The van der Waals surface area contributed by atoms with Crippen LogP contribution in [0.5, 0.6) is 0 Å². The van der Waals surface area contributed by atoms with Crippen LogP contribution in [0.1, 0.15) is 10.4 Å². The monoisotopic (exact) mass is 226 g/mol. The zero-order valence-corrected chi connectivity index (χ0v) is 8.91. The van der Waals surface area contributed by atoms with Crippen molar-refractivity contribution in [1.29, 1.82) is 0 Å². The van der Waals surface area contributed by atoms with E-state index < -0.39 is 5.24 Å². The highest BCUT2D eigenvalue weighted by molar-refractivity contribution is 6.67. The molecule has 1 saturated heterocycles. The van der Waals surface area contributed by atoms with Crippen LogP contribution in [-0.4, -0.2) is 36.5 Å². The van der Waals surface area contributed by atoms with Gasteiger partial charge in [-0.15, -0.1) is 0 Å². The van der Waals surface area contributed by atoms with Crippen LogP contribution in [0.2, 0.25) is 0 Å². The third-order valence-electron chi connectivity index (χ3n) is 2.31. The van der Waals surface area contributed by atoms with Crippen LogP contribution in [0.3, 0.4) is 0 Å². The van der Waals surface area contributed by atoms with Gasteiger partial charge in [0.05, 0.1) is 18.8 Å². The number of carbonyl (C=O) groups excluding carboxylic acids is 1. The number of hydrogen-bond acceptors (Lipinski definition) is 4. The fourth-order valence-electron chi connectivity index (χ4n) is 1.48. The van der Waals surface area contributed by atoms with Gasteiger partial charge in [0.25, 0.3) is 5.24 Å². The SMILES string of the molecule is O=C(Cl)c1ccc(N2CCOCC2)nc1. The second-order valence-electron chi connectivity index (χ2n) is 3.28. The van der Waals surface area contributed by atoms with E-state index in [4.69, 9.17) is 16.3 Å². The zero-order valence-electron chi connectivity index (χ0n) is 8.15. The van der Waals surface area contributed by atoms with E-state index >= 15 is 0 Å². The molecule has 4 nitrogen and oxygen atoms in total. The number of nitrogens with zero attached hydrogens (tertiary/aromatic N) is 2. The summed E-state index contributed by atoms with van der Waals surface area (Å²) < 4.78 is 5.24. The molecule has 0 aromatic carbocycles. The van der Waals surface area contributed by atoms with Crippen molar-refractivity contribution in [2.45, 2.75) is 0 Å². The molecule has 0 spiro atoms. The van der Waals surface area contributed by atoms with Crippen LogP contribution in [0.15, 0.2) is 18.3 Å². The molecule has 1 aromatic rings. The number of ether oxygens (including phenoxy) is 1. The molecule has 0 atom stereocenters. The lowest BCUT2D eigenvalue weighted by atomic mass is 10.3. The van der Waals surface area contributed by atoms with Gasteiger partial charge in [-0.25, -0.2) is 4.98 Å². The third-order valence-corrected chi connectivity index (χ3v) is 2.53. The Kier molecular flexibility index (Phi) is 3.18. The number of pyridine rings is 1. The first-order valence-corrected chi connectivity index (χ1v) is 5.14. The van der Waals surface area contributed by atoms with E-state index in [2.05, 4.69) is 9.88 Å². The van der Waals surface area contributed by atoms with Gasteiger partial charge in [-0.2, -0.15) is 0 Å². The molecule has 0 N–H and O–H groups in total. The van der Waals surface area contributed by atoms with E-state index in [-0.39, 0.29) is 0 Å². The van der Waals surface area contributed by atoms with Crippen molar-refractivity contribution in [2.24, 2.45) is 0 Å². The van der Waals surface area contributed by atoms with E-state index in [0.29, 0.717) is 5.56 Å². The summed E-state index contributed by atoms with van der Waals surface area (Å²) in [5.74, 6) is 0.861. The Balaban J connectivity index is 2.11. The fourth-order valence-corrected chi connectivity index (χ4v) is 1.59. The van der Waals surface area contributed by atoms with Gasteiger partial charge in [0, 0.05) is 19.3 Å². The van der Waals surface area contributed by atoms with Gasteiger partial charge in [0.15, 0.2) is 0 Å². The predicted octanol–water partition coefficient (Wildman–Crippen LogP) is 1.30. The Morgan fingerprint density at radius 3 is 2.67 bits per heavy atom. The van der Waals surface area contributed by atoms with Crippen molar-refractivity contribution >= 4 is 22.7 Å². The number of morpholine rings is 1. The Hall–Kier alpha value is -1.13. The van der Waals surface area contributed by atoms with Gasteiger partial charge < -0.3 is 9.64 Å². The summed E-state index contributed by atoms with van der Waals surface area (Å²) in [6.45, 7) is 3.11. The summed E-state index contributed by atoms with van der Waals surface area (Å²) in [7, 11) is 0. The summed E-state index contributed by atoms with van der Waals surface area (Å²) >= 11 is 5.33. The molecule has 1 aromatic heterocycles. The van der Waals surface area contributed by atoms with E-state index in [1.807, 2.05) is 0 Å². The molecule has 0 amide bonds. The first kappa shape index (κ1) is 10.4. The van der Waals surface area contributed by atoms with Gasteiger partial charge in [-0.05, 0) is 23.7 Å². The quantitative estimate of drug-likeness (QED) is 0.713. The molecule has 1 aliphatic rings. The number of hydrogen-bond donors (Lipinski definition) is 0. The highest BCUT2D eigenvalue weighted by Crippen LogP contribution is 2.13. The molecule has 0 saturated carbocycles. The largest absolute Gasteiger partial charge is 0.378 e.